The summed E-state index contributed by atoms with van der Waals surface area (Å²) in [5, 5.41) is 0. The number of ether oxygens (including phenoxy) is 1. The molecule has 1 aliphatic heterocycles. The van der Waals surface area contributed by atoms with Crippen molar-refractivity contribution in [3.8, 4) is 5.75 Å². The highest BCUT2D eigenvalue weighted by Gasteiger charge is 2.24. The second-order valence-corrected chi connectivity index (χ2v) is 7.42. The monoisotopic (exact) mass is 398 g/mol. The van der Waals surface area contributed by atoms with E-state index in [9.17, 15) is 14.0 Å². The molecule has 0 atom stereocenters. The van der Waals surface area contributed by atoms with Crippen LogP contribution >= 0.6 is 0 Å². The maximum absolute atomic E-state index is 12.9. The first-order chi connectivity index (χ1) is 13.9. The second-order valence-electron chi connectivity index (χ2n) is 7.42. The molecule has 1 fully saturated rings. The minimum atomic E-state index is -0.276. The maximum atomic E-state index is 12.9. The molecule has 5 nitrogen and oxygen atoms in total. The van der Waals surface area contributed by atoms with E-state index in [1.54, 1.807) is 21.9 Å². The Morgan fingerprint density at radius 2 is 1.52 bits per heavy atom. The molecule has 0 radical (unpaired) electrons. The topological polar surface area (TPSA) is 49.9 Å². The van der Waals surface area contributed by atoms with Crippen LogP contribution in [0.3, 0.4) is 0 Å². The molecule has 0 bridgehead atoms. The van der Waals surface area contributed by atoms with E-state index in [4.69, 9.17) is 4.74 Å². The van der Waals surface area contributed by atoms with Gasteiger partial charge in [-0.3, -0.25) is 9.59 Å². The number of carbonyl (C=O) groups excluding carboxylic acids is 2. The van der Waals surface area contributed by atoms with Gasteiger partial charge >= 0.3 is 0 Å². The third-order valence-electron chi connectivity index (χ3n) is 5.37. The van der Waals surface area contributed by atoms with Crippen molar-refractivity contribution in [3.05, 3.63) is 65.0 Å². The van der Waals surface area contributed by atoms with Crippen LogP contribution in [-0.2, 0) is 16.0 Å². The van der Waals surface area contributed by atoms with Gasteiger partial charge in [-0.2, -0.15) is 0 Å². The van der Waals surface area contributed by atoms with E-state index in [0.29, 0.717) is 44.8 Å². The Bertz CT molecular complexity index is 859. The van der Waals surface area contributed by atoms with E-state index in [1.807, 2.05) is 32.0 Å². The van der Waals surface area contributed by atoms with Gasteiger partial charge in [-0.1, -0.05) is 18.2 Å². The zero-order valence-corrected chi connectivity index (χ0v) is 17.0. The summed E-state index contributed by atoms with van der Waals surface area (Å²) in [6, 6.07) is 12.0. The standard InChI is InChI=1S/C23H27FN2O3/c1-17-3-9-21(15-18(17)2)29-16-23(28)26-13-11-25(12-14-26)22(27)10-6-19-4-7-20(24)8-5-19/h3-5,7-9,15H,6,10-14,16H2,1-2H3. The lowest BCUT2D eigenvalue weighted by Crippen LogP contribution is -2.51. The Hall–Kier alpha value is -2.89. The maximum Gasteiger partial charge on any atom is 0.260 e. The van der Waals surface area contributed by atoms with E-state index < -0.39 is 0 Å². The summed E-state index contributed by atoms with van der Waals surface area (Å²) in [4.78, 5) is 28.3. The van der Waals surface area contributed by atoms with Gasteiger partial charge in [0.25, 0.3) is 5.91 Å². The van der Waals surface area contributed by atoms with Gasteiger partial charge in [-0.25, -0.2) is 4.39 Å². The van der Waals surface area contributed by atoms with E-state index in [1.165, 1.54) is 17.7 Å². The lowest BCUT2D eigenvalue weighted by molar-refractivity contribution is -0.140. The molecule has 3 rings (SSSR count). The average Bonchev–Trinajstić information content (AvgIpc) is 2.74. The van der Waals surface area contributed by atoms with Crippen LogP contribution in [0.15, 0.2) is 42.5 Å². The summed E-state index contributed by atoms with van der Waals surface area (Å²) < 4.78 is 18.6. The predicted molar refractivity (Wildman–Crippen MR) is 109 cm³/mol. The van der Waals surface area contributed by atoms with E-state index in [2.05, 4.69) is 0 Å². The lowest BCUT2D eigenvalue weighted by Gasteiger charge is -2.34. The molecule has 2 aromatic carbocycles. The molecule has 2 aromatic rings. The normalized spacial score (nSPS) is 14.0. The molecule has 0 spiro atoms. The van der Waals surface area contributed by atoms with Crippen molar-refractivity contribution in [3.63, 3.8) is 0 Å². The second kappa shape index (κ2) is 9.54. The Kier molecular flexibility index (Phi) is 6.86. The number of hydrogen-bond donors (Lipinski definition) is 0. The summed E-state index contributed by atoms with van der Waals surface area (Å²) in [6.07, 6.45) is 0.970. The number of benzene rings is 2. The van der Waals surface area contributed by atoms with Gasteiger partial charge in [-0.05, 0) is 61.2 Å². The minimum absolute atomic E-state index is 0.00101. The average molecular weight is 398 g/mol. The number of halogens is 1. The SMILES string of the molecule is Cc1ccc(OCC(=O)N2CCN(C(=O)CCc3ccc(F)cc3)CC2)cc1C. The molecule has 0 N–H and O–H groups in total. The van der Waals surface area contributed by atoms with Gasteiger partial charge in [0.15, 0.2) is 6.61 Å². The van der Waals surface area contributed by atoms with Crippen molar-refractivity contribution in [1.29, 1.82) is 0 Å². The fourth-order valence-corrected chi connectivity index (χ4v) is 3.31. The first-order valence-corrected chi connectivity index (χ1v) is 9.92. The van der Waals surface area contributed by atoms with Crippen LogP contribution < -0.4 is 4.74 Å². The van der Waals surface area contributed by atoms with Crippen LogP contribution in [0, 0.1) is 19.7 Å². The van der Waals surface area contributed by atoms with Crippen molar-refractivity contribution >= 4 is 11.8 Å². The molecule has 2 amide bonds. The Labute approximate surface area is 171 Å². The molecule has 0 saturated carbocycles. The number of amides is 2. The van der Waals surface area contributed by atoms with Gasteiger partial charge < -0.3 is 14.5 Å². The number of nitrogens with zero attached hydrogens (tertiary/aromatic N) is 2. The van der Waals surface area contributed by atoms with Gasteiger partial charge in [0.1, 0.15) is 11.6 Å². The highest BCUT2D eigenvalue weighted by atomic mass is 19.1. The number of aryl methyl sites for hydroxylation is 3. The Morgan fingerprint density at radius 3 is 2.14 bits per heavy atom. The summed E-state index contributed by atoms with van der Waals surface area (Å²) >= 11 is 0. The molecule has 6 heteroatoms. The Balaban J connectivity index is 1.40. The largest absolute Gasteiger partial charge is 0.484 e. The van der Waals surface area contributed by atoms with Crippen LogP contribution in [0.4, 0.5) is 4.39 Å². The highest BCUT2D eigenvalue weighted by Crippen LogP contribution is 2.16. The fraction of sp³-hybridized carbons (Fsp3) is 0.391. The summed E-state index contributed by atoms with van der Waals surface area (Å²) in [6.45, 7) is 6.12. The number of rotatable bonds is 6. The molecule has 1 aliphatic rings. The van der Waals surface area contributed by atoms with E-state index in [0.717, 1.165) is 11.1 Å². The molecule has 1 saturated heterocycles. The van der Waals surface area contributed by atoms with Crippen LogP contribution in [0.2, 0.25) is 0 Å². The van der Waals surface area contributed by atoms with Crippen LogP contribution in [0.5, 0.6) is 5.75 Å². The first-order valence-electron chi connectivity index (χ1n) is 9.92. The van der Waals surface area contributed by atoms with Crippen LogP contribution in [-0.4, -0.2) is 54.4 Å². The summed E-state index contributed by atoms with van der Waals surface area (Å²) in [5.41, 5.74) is 3.25. The molecular weight excluding hydrogens is 371 g/mol. The van der Waals surface area contributed by atoms with Crippen molar-refractivity contribution in [1.82, 2.24) is 9.80 Å². The van der Waals surface area contributed by atoms with Crippen molar-refractivity contribution < 1.29 is 18.7 Å². The van der Waals surface area contributed by atoms with Crippen LogP contribution in [0.1, 0.15) is 23.1 Å². The van der Waals surface area contributed by atoms with Gasteiger partial charge in [0.2, 0.25) is 5.91 Å². The fourth-order valence-electron chi connectivity index (χ4n) is 3.31. The number of hydrogen-bond acceptors (Lipinski definition) is 3. The number of piperazine rings is 1. The smallest absolute Gasteiger partial charge is 0.260 e. The predicted octanol–water partition coefficient (Wildman–Crippen LogP) is 3.12. The molecule has 29 heavy (non-hydrogen) atoms. The molecule has 1 heterocycles. The first kappa shape index (κ1) is 20.8. The quantitative estimate of drug-likeness (QED) is 0.751. The summed E-state index contributed by atoms with van der Waals surface area (Å²) in [7, 11) is 0. The van der Waals surface area contributed by atoms with Gasteiger partial charge in [0.05, 0.1) is 0 Å². The molecule has 0 aromatic heterocycles. The van der Waals surface area contributed by atoms with E-state index in [-0.39, 0.29) is 24.2 Å². The van der Waals surface area contributed by atoms with Crippen molar-refractivity contribution in [2.45, 2.75) is 26.7 Å². The Morgan fingerprint density at radius 1 is 0.897 bits per heavy atom. The third kappa shape index (κ3) is 5.79. The molecular formula is C23H27FN2O3. The number of carbonyl (C=O) groups is 2. The molecule has 0 unspecified atom stereocenters. The zero-order chi connectivity index (χ0) is 20.8. The van der Waals surface area contributed by atoms with Crippen molar-refractivity contribution in [2.75, 3.05) is 32.8 Å². The molecule has 0 aliphatic carbocycles. The minimum Gasteiger partial charge on any atom is -0.484 e. The van der Waals surface area contributed by atoms with Crippen molar-refractivity contribution in [2.24, 2.45) is 0 Å². The van der Waals surface area contributed by atoms with Crippen LogP contribution in [0.25, 0.3) is 0 Å². The van der Waals surface area contributed by atoms with Gasteiger partial charge in [0, 0.05) is 32.6 Å². The van der Waals surface area contributed by atoms with Gasteiger partial charge in [-0.15, -0.1) is 0 Å². The third-order valence-corrected chi connectivity index (χ3v) is 5.37. The highest BCUT2D eigenvalue weighted by molar-refractivity contribution is 5.79. The summed E-state index contributed by atoms with van der Waals surface area (Å²) in [5.74, 6) is 0.410. The molecule has 154 valence electrons. The lowest BCUT2D eigenvalue weighted by atomic mass is 10.1. The van der Waals surface area contributed by atoms with E-state index >= 15 is 0 Å². The zero-order valence-electron chi connectivity index (χ0n) is 17.0.